The number of nitrogens with one attached hydrogen (secondary N) is 1. The molecule has 4 nitrogen and oxygen atoms in total. The molecule has 174 valence electrons. The van der Waals surface area contributed by atoms with Gasteiger partial charge in [-0.25, -0.2) is 0 Å². The van der Waals surface area contributed by atoms with E-state index in [2.05, 4.69) is 40.5 Å². The van der Waals surface area contributed by atoms with Crippen molar-refractivity contribution in [1.29, 1.82) is 0 Å². The molecule has 1 atom stereocenters. The average Bonchev–Trinajstić information content (AvgIpc) is 2.89. The van der Waals surface area contributed by atoms with Gasteiger partial charge >= 0.3 is 0 Å². The number of benzene rings is 3. The minimum atomic E-state index is -0.143. The standard InChI is InChI=1S/C30H32N2O2/c33-29-24(18-21-32-19-16-23(17-20-32)22-8-3-1-4-9-22)14-15-26-27(29)12-7-13-28(26)30(34)31-25-10-5-2-6-11-25/h1-13,23-24H,14-21H2,(H,31,34). The van der Waals surface area contributed by atoms with E-state index in [0.29, 0.717) is 11.5 Å². The molecule has 1 fully saturated rings. The van der Waals surface area contributed by atoms with E-state index in [0.717, 1.165) is 55.7 Å². The fourth-order valence-corrected chi connectivity index (χ4v) is 5.52. The first-order valence-corrected chi connectivity index (χ1v) is 12.5. The lowest BCUT2D eigenvalue weighted by Gasteiger charge is -2.33. The number of anilines is 1. The second kappa shape index (κ2) is 10.4. The van der Waals surface area contributed by atoms with Crippen molar-refractivity contribution in [3.8, 4) is 0 Å². The Morgan fingerprint density at radius 3 is 2.29 bits per heavy atom. The van der Waals surface area contributed by atoms with E-state index < -0.39 is 0 Å². The van der Waals surface area contributed by atoms with Crippen molar-refractivity contribution in [2.75, 3.05) is 25.0 Å². The maximum atomic E-state index is 13.3. The number of hydrogen-bond acceptors (Lipinski definition) is 3. The third-order valence-corrected chi connectivity index (χ3v) is 7.48. The fourth-order valence-electron chi connectivity index (χ4n) is 5.52. The molecule has 1 amide bonds. The zero-order valence-corrected chi connectivity index (χ0v) is 19.6. The summed E-state index contributed by atoms with van der Waals surface area (Å²) in [4.78, 5) is 28.7. The van der Waals surface area contributed by atoms with Gasteiger partial charge in [0.05, 0.1) is 0 Å². The van der Waals surface area contributed by atoms with Crippen molar-refractivity contribution < 1.29 is 9.59 Å². The summed E-state index contributed by atoms with van der Waals surface area (Å²) in [7, 11) is 0. The summed E-state index contributed by atoms with van der Waals surface area (Å²) in [5, 5.41) is 2.96. The van der Waals surface area contributed by atoms with Crippen LogP contribution in [0.1, 0.15) is 63.4 Å². The van der Waals surface area contributed by atoms with Crippen molar-refractivity contribution in [1.82, 2.24) is 4.90 Å². The summed E-state index contributed by atoms with van der Waals surface area (Å²) >= 11 is 0. The van der Waals surface area contributed by atoms with Crippen molar-refractivity contribution in [2.45, 2.75) is 38.0 Å². The van der Waals surface area contributed by atoms with Gasteiger partial charge in [0.25, 0.3) is 5.91 Å². The number of nitrogens with zero attached hydrogens (tertiary/aromatic N) is 1. The molecule has 0 saturated carbocycles. The Balaban J connectivity index is 1.18. The number of amides is 1. The van der Waals surface area contributed by atoms with Crippen LogP contribution in [0, 0.1) is 5.92 Å². The first-order chi connectivity index (χ1) is 16.7. The predicted molar refractivity (Wildman–Crippen MR) is 136 cm³/mol. The molecule has 3 aromatic rings. The summed E-state index contributed by atoms with van der Waals surface area (Å²) in [5.74, 6) is 0.762. The maximum Gasteiger partial charge on any atom is 0.255 e. The monoisotopic (exact) mass is 452 g/mol. The van der Waals surface area contributed by atoms with Crippen LogP contribution in [0.15, 0.2) is 78.9 Å². The molecule has 1 aliphatic heterocycles. The maximum absolute atomic E-state index is 13.3. The van der Waals surface area contributed by atoms with Gasteiger partial charge in [-0.15, -0.1) is 0 Å². The molecule has 1 unspecified atom stereocenters. The van der Waals surface area contributed by atoms with Crippen LogP contribution in [-0.4, -0.2) is 36.2 Å². The van der Waals surface area contributed by atoms with Gasteiger partial charge in [-0.3, -0.25) is 9.59 Å². The van der Waals surface area contributed by atoms with Gasteiger partial charge in [-0.05, 0) is 87.0 Å². The summed E-state index contributed by atoms with van der Waals surface area (Å²) in [6.45, 7) is 3.17. The van der Waals surface area contributed by atoms with Gasteiger partial charge in [0.15, 0.2) is 5.78 Å². The second-order valence-electron chi connectivity index (χ2n) is 9.57. The SMILES string of the molecule is O=C(Nc1ccccc1)c1cccc2c1CCC(CCN1CCC(c3ccccc3)CC1)C2=O. The van der Waals surface area contributed by atoms with E-state index in [-0.39, 0.29) is 17.6 Å². The van der Waals surface area contributed by atoms with Crippen molar-refractivity contribution in [2.24, 2.45) is 5.92 Å². The highest BCUT2D eigenvalue weighted by molar-refractivity contribution is 6.09. The van der Waals surface area contributed by atoms with Crippen LogP contribution >= 0.6 is 0 Å². The molecule has 0 aromatic heterocycles. The smallest absolute Gasteiger partial charge is 0.255 e. The van der Waals surface area contributed by atoms with Gasteiger partial charge in [0, 0.05) is 22.7 Å². The lowest BCUT2D eigenvalue weighted by atomic mass is 9.79. The topological polar surface area (TPSA) is 49.4 Å². The van der Waals surface area contributed by atoms with Crippen LogP contribution < -0.4 is 5.32 Å². The van der Waals surface area contributed by atoms with Crippen LogP contribution in [0.3, 0.4) is 0 Å². The Labute approximate surface area is 202 Å². The molecule has 4 heteroatoms. The zero-order chi connectivity index (χ0) is 23.3. The van der Waals surface area contributed by atoms with E-state index >= 15 is 0 Å². The molecule has 1 heterocycles. The molecule has 0 spiro atoms. The minimum absolute atomic E-state index is 0.0479. The molecule has 0 bridgehead atoms. The van der Waals surface area contributed by atoms with Gasteiger partial charge in [-0.2, -0.15) is 0 Å². The summed E-state index contributed by atoms with van der Waals surface area (Å²) in [6.07, 6.45) is 4.87. The predicted octanol–water partition coefficient (Wildman–Crippen LogP) is 5.95. The molecule has 1 aliphatic carbocycles. The van der Waals surface area contributed by atoms with Gasteiger partial charge in [0.2, 0.25) is 0 Å². The first-order valence-electron chi connectivity index (χ1n) is 12.5. The Bertz CT molecular complexity index is 1130. The highest BCUT2D eigenvalue weighted by Gasteiger charge is 2.30. The van der Waals surface area contributed by atoms with Crippen molar-refractivity contribution >= 4 is 17.4 Å². The fraction of sp³-hybridized carbons (Fsp3) is 0.333. The molecule has 0 radical (unpaired) electrons. The highest BCUT2D eigenvalue weighted by atomic mass is 16.1. The molecule has 2 aliphatic rings. The summed E-state index contributed by atoms with van der Waals surface area (Å²) < 4.78 is 0. The highest BCUT2D eigenvalue weighted by Crippen LogP contribution is 2.32. The molecule has 3 aromatic carbocycles. The Morgan fingerprint density at radius 1 is 0.853 bits per heavy atom. The number of likely N-dealkylation sites (tertiary alicyclic amines) is 1. The third kappa shape index (κ3) is 4.97. The number of ketones is 1. The number of rotatable bonds is 6. The van der Waals surface area contributed by atoms with Crippen LogP contribution in [0.25, 0.3) is 0 Å². The Morgan fingerprint density at radius 2 is 1.56 bits per heavy atom. The number of carbonyl (C=O) groups is 2. The van der Waals surface area contributed by atoms with Crippen LogP contribution in [0.2, 0.25) is 0 Å². The van der Waals surface area contributed by atoms with E-state index in [1.165, 1.54) is 18.4 Å². The number of piperidine rings is 1. The number of hydrogen-bond donors (Lipinski definition) is 1. The lowest BCUT2D eigenvalue weighted by molar-refractivity contribution is 0.0877. The Kier molecular flexibility index (Phi) is 6.87. The molecule has 1 N–H and O–H groups in total. The number of carbonyl (C=O) groups excluding carboxylic acids is 2. The molecular formula is C30H32N2O2. The minimum Gasteiger partial charge on any atom is -0.322 e. The van der Waals surface area contributed by atoms with E-state index in [9.17, 15) is 9.59 Å². The third-order valence-electron chi connectivity index (χ3n) is 7.48. The second-order valence-corrected chi connectivity index (χ2v) is 9.57. The molecule has 34 heavy (non-hydrogen) atoms. The van der Waals surface area contributed by atoms with E-state index in [4.69, 9.17) is 0 Å². The summed E-state index contributed by atoms with van der Waals surface area (Å²) in [6, 6.07) is 25.9. The number of fused-ring (bicyclic) bond motifs is 1. The molecule has 5 rings (SSSR count). The number of para-hydroxylation sites is 1. The van der Waals surface area contributed by atoms with Gasteiger partial charge in [-0.1, -0.05) is 60.7 Å². The first kappa shape index (κ1) is 22.5. The van der Waals surface area contributed by atoms with Crippen molar-refractivity contribution in [3.63, 3.8) is 0 Å². The van der Waals surface area contributed by atoms with E-state index in [1.807, 2.05) is 48.5 Å². The lowest BCUT2D eigenvalue weighted by Crippen LogP contribution is -2.36. The summed E-state index contributed by atoms with van der Waals surface area (Å²) in [5.41, 5.74) is 4.48. The molecule has 1 saturated heterocycles. The Hall–Kier alpha value is -3.24. The largest absolute Gasteiger partial charge is 0.322 e. The molecular weight excluding hydrogens is 420 g/mol. The van der Waals surface area contributed by atoms with Gasteiger partial charge < -0.3 is 10.2 Å². The van der Waals surface area contributed by atoms with Crippen LogP contribution in [-0.2, 0) is 6.42 Å². The normalized spacial score (nSPS) is 18.9. The zero-order valence-electron chi connectivity index (χ0n) is 19.6. The van der Waals surface area contributed by atoms with Gasteiger partial charge in [0.1, 0.15) is 0 Å². The van der Waals surface area contributed by atoms with Crippen LogP contribution in [0.5, 0.6) is 0 Å². The number of Topliss-reactive ketones (excluding diaryl/α,β-unsaturated/α-hetero) is 1. The van der Waals surface area contributed by atoms with E-state index in [1.54, 1.807) is 0 Å². The van der Waals surface area contributed by atoms with Crippen LogP contribution in [0.4, 0.5) is 5.69 Å². The quantitative estimate of drug-likeness (QED) is 0.502. The average molecular weight is 453 g/mol. The van der Waals surface area contributed by atoms with Crippen molar-refractivity contribution in [3.05, 3.63) is 101 Å².